The van der Waals surface area contributed by atoms with E-state index in [4.69, 9.17) is 4.42 Å². The van der Waals surface area contributed by atoms with Crippen molar-refractivity contribution in [1.82, 2.24) is 20.2 Å². The minimum atomic E-state index is 0.732. The fraction of sp³-hybridized carbons (Fsp3) is 0.571. The molecule has 0 radical (unpaired) electrons. The van der Waals surface area contributed by atoms with E-state index in [0.29, 0.717) is 0 Å². The summed E-state index contributed by atoms with van der Waals surface area (Å²) < 4.78 is 5.08. The van der Waals surface area contributed by atoms with Gasteiger partial charge in [0.05, 0.1) is 16.9 Å². The average molecular weight is 292 g/mol. The number of nitrogens with zero attached hydrogens (tertiary/aromatic N) is 3. The third kappa shape index (κ3) is 3.45. The molecular weight excluding hydrogens is 272 g/mol. The summed E-state index contributed by atoms with van der Waals surface area (Å²) in [6.45, 7) is 7.22. The van der Waals surface area contributed by atoms with Crippen molar-refractivity contribution in [3.05, 3.63) is 34.4 Å². The van der Waals surface area contributed by atoms with Crippen LogP contribution in [0.5, 0.6) is 0 Å². The van der Waals surface area contributed by atoms with E-state index < -0.39 is 0 Å². The third-order valence-electron chi connectivity index (χ3n) is 3.76. The lowest BCUT2D eigenvalue weighted by molar-refractivity contribution is 0.219. The summed E-state index contributed by atoms with van der Waals surface area (Å²) in [5.74, 6) is 0.732. The summed E-state index contributed by atoms with van der Waals surface area (Å²) in [5, 5.41) is 3.44. The van der Waals surface area contributed by atoms with Crippen molar-refractivity contribution in [3.63, 3.8) is 0 Å². The summed E-state index contributed by atoms with van der Waals surface area (Å²) in [7, 11) is 0. The Morgan fingerprint density at radius 1 is 1.45 bits per heavy atom. The van der Waals surface area contributed by atoms with Crippen molar-refractivity contribution in [2.75, 3.05) is 19.6 Å². The van der Waals surface area contributed by atoms with Crippen molar-refractivity contribution >= 4 is 11.3 Å². The SMILES string of the molecule is Cc1ncsc1CN(Cc1cocn1)CC1CCNC1. The van der Waals surface area contributed by atoms with Crippen LogP contribution in [0, 0.1) is 12.8 Å². The zero-order valence-electron chi connectivity index (χ0n) is 11.7. The second-order valence-electron chi connectivity index (χ2n) is 5.37. The Bertz CT molecular complexity index is 519. The Morgan fingerprint density at radius 2 is 2.40 bits per heavy atom. The molecule has 6 heteroatoms. The first-order valence-corrected chi connectivity index (χ1v) is 7.88. The van der Waals surface area contributed by atoms with Gasteiger partial charge in [0.25, 0.3) is 0 Å². The molecule has 20 heavy (non-hydrogen) atoms. The fourth-order valence-electron chi connectivity index (χ4n) is 2.65. The Morgan fingerprint density at radius 3 is 3.05 bits per heavy atom. The van der Waals surface area contributed by atoms with E-state index in [1.807, 2.05) is 5.51 Å². The highest BCUT2D eigenvalue weighted by Gasteiger charge is 2.20. The highest BCUT2D eigenvalue weighted by molar-refractivity contribution is 7.09. The molecule has 1 fully saturated rings. The van der Waals surface area contributed by atoms with E-state index in [9.17, 15) is 0 Å². The van der Waals surface area contributed by atoms with Gasteiger partial charge in [0, 0.05) is 24.5 Å². The lowest BCUT2D eigenvalue weighted by Crippen LogP contribution is -2.30. The number of rotatable bonds is 6. The second-order valence-corrected chi connectivity index (χ2v) is 6.31. The number of oxazole rings is 1. The van der Waals surface area contributed by atoms with Gasteiger partial charge in [0.2, 0.25) is 0 Å². The number of hydrogen-bond donors (Lipinski definition) is 1. The first-order chi connectivity index (χ1) is 9.81. The summed E-state index contributed by atoms with van der Waals surface area (Å²) in [5.41, 5.74) is 4.07. The van der Waals surface area contributed by atoms with Crippen LogP contribution in [0.25, 0.3) is 0 Å². The fourth-order valence-corrected chi connectivity index (χ4v) is 3.46. The van der Waals surface area contributed by atoms with Crippen LogP contribution in [0.3, 0.4) is 0 Å². The monoisotopic (exact) mass is 292 g/mol. The molecule has 1 aliphatic rings. The van der Waals surface area contributed by atoms with Crippen LogP contribution in [0.1, 0.15) is 22.7 Å². The van der Waals surface area contributed by atoms with Crippen LogP contribution in [0.15, 0.2) is 22.6 Å². The lowest BCUT2D eigenvalue weighted by atomic mass is 10.1. The maximum absolute atomic E-state index is 5.08. The van der Waals surface area contributed by atoms with Gasteiger partial charge in [-0.2, -0.15) is 0 Å². The van der Waals surface area contributed by atoms with Gasteiger partial charge in [-0.25, -0.2) is 9.97 Å². The number of aryl methyl sites for hydroxylation is 1. The lowest BCUT2D eigenvalue weighted by Gasteiger charge is -2.24. The molecule has 0 aromatic carbocycles. The van der Waals surface area contributed by atoms with Crippen LogP contribution < -0.4 is 5.32 Å². The standard InChI is InChI=1S/C14H20N4OS/c1-11-14(20-10-17-11)7-18(5-12-2-3-15-4-12)6-13-8-19-9-16-13/h8-10,12,15H,2-7H2,1H3. The molecule has 3 rings (SSSR count). The van der Waals surface area contributed by atoms with E-state index in [1.165, 1.54) is 17.7 Å². The maximum Gasteiger partial charge on any atom is 0.180 e. The van der Waals surface area contributed by atoms with E-state index in [1.54, 1.807) is 17.6 Å². The van der Waals surface area contributed by atoms with Gasteiger partial charge in [0.15, 0.2) is 6.39 Å². The first-order valence-electron chi connectivity index (χ1n) is 7.00. The van der Waals surface area contributed by atoms with Gasteiger partial charge in [0.1, 0.15) is 6.26 Å². The third-order valence-corrected chi connectivity index (χ3v) is 4.68. The molecule has 1 N–H and O–H groups in total. The van der Waals surface area contributed by atoms with E-state index in [-0.39, 0.29) is 0 Å². The molecule has 1 atom stereocenters. The number of thiazole rings is 1. The zero-order valence-corrected chi connectivity index (χ0v) is 12.5. The van der Waals surface area contributed by atoms with E-state index in [2.05, 4.69) is 27.1 Å². The zero-order chi connectivity index (χ0) is 13.8. The molecule has 0 amide bonds. The molecule has 5 nitrogen and oxygen atoms in total. The van der Waals surface area contributed by atoms with Gasteiger partial charge in [-0.3, -0.25) is 4.90 Å². The first kappa shape index (κ1) is 13.7. The highest BCUT2D eigenvalue weighted by atomic mass is 32.1. The number of aromatic nitrogens is 2. The molecule has 0 saturated carbocycles. The molecule has 1 unspecified atom stereocenters. The van der Waals surface area contributed by atoms with E-state index >= 15 is 0 Å². The molecule has 2 aromatic rings. The Kier molecular flexibility index (Phi) is 4.44. The predicted molar refractivity (Wildman–Crippen MR) is 78.4 cm³/mol. The van der Waals surface area contributed by atoms with Gasteiger partial charge in [-0.1, -0.05) is 0 Å². The van der Waals surface area contributed by atoms with Crippen molar-refractivity contribution in [2.24, 2.45) is 5.92 Å². The number of hydrogen-bond acceptors (Lipinski definition) is 6. The van der Waals surface area contributed by atoms with Gasteiger partial charge in [-0.15, -0.1) is 11.3 Å². The topological polar surface area (TPSA) is 54.2 Å². The number of nitrogens with one attached hydrogen (secondary N) is 1. The van der Waals surface area contributed by atoms with E-state index in [0.717, 1.165) is 50.0 Å². The molecule has 108 valence electrons. The minimum absolute atomic E-state index is 0.732. The van der Waals surface area contributed by atoms with Crippen molar-refractivity contribution in [2.45, 2.75) is 26.4 Å². The summed E-state index contributed by atoms with van der Waals surface area (Å²) in [6.07, 6.45) is 4.50. The quantitative estimate of drug-likeness (QED) is 0.883. The second kappa shape index (κ2) is 6.47. The Hall–Kier alpha value is -1.24. The minimum Gasteiger partial charge on any atom is -0.451 e. The summed E-state index contributed by atoms with van der Waals surface area (Å²) in [4.78, 5) is 12.4. The normalized spacial score (nSPS) is 19.0. The molecule has 0 spiro atoms. The van der Waals surface area contributed by atoms with Crippen molar-refractivity contribution in [1.29, 1.82) is 0 Å². The van der Waals surface area contributed by atoms with Gasteiger partial charge in [-0.05, 0) is 32.4 Å². The van der Waals surface area contributed by atoms with Crippen molar-refractivity contribution in [3.8, 4) is 0 Å². The van der Waals surface area contributed by atoms with Crippen LogP contribution in [0.2, 0.25) is 0 Å². The molecule has 1 saturated heterocycles. The molecule has 2 aromatic heterocycles. The van der Waals surface area contributed by atoms with Crippen LogP contribution in [0.4, 0.5) is 0 Å². The maximum atomic E-state index is 5.08. The summed E-state index contributed by atoms with van der Waals surface area (Å²) in [6, 6.07) is 0. The van der Waals surface area contributed by atoms with Gasteiger partial charge < -0.3 is 9.73 Å². The van der Waals surface area contributed by atoms with Crippen LogP contribution in [-0.4, -0.2) is 34.5 Å². The Balaban J connectivity index is 1.67. The summed E-state index contributed by atoms with van der Waals surface area (Å²) >= 11 is 1.74. The highest BCUT2D eigenvalue weighted by Crippen LogP contribution is 2.19. The molecule has 1 aliphatic heterocycles. The molecule has 0 aliphatic carbocycles. The largest absolute Gasteiger partial charge is 0.451 e. The average Bonchev–Trinajstić information content (AvgIpc) is 3.15. The van der Waals surface area contributed by atoms with Crippen LogP contribution in [-0.2, 0) is 13.1 Å². The van der Waals surface area contributed by atoms with Crippen LogP contribution >= 0.6 is 11.3 Å². The van der Waals surface area contributed by atoms with Gasteiger partial charge >= 0.3 is 0 Å². The van der Waals surface area contributed by atoms with Crippen molar-refractivity contribution < 1.29 is 4.42 Å². The molecule has 3 heterocycles. The molecule has 0 bridgehead atoms. The molecular formula is C14H20N4OS. The Labute approximate surface area is 123 Å². The predicted octanol–water partition coefficient (Wildman–Crippen LogP) is 2.05. The smallest absolute Gasteiger partial charge is 0.180 e.